The second-order valence-corrected chi connectivity index (χ2v) is 4.72. The Labute approximate surface area is 157 Å². The fourth-order valence-corrected chi connectivity index (χ4v) is 1.24. The van der Waals surface area contributed by atoms with Crippen molar-refractivity contribution in [1.82, 2.24) is 5.32 Å². The Kier molecular flexibility index (Phi) is 26.7. The molecule has 0 aliphatic rings. The minimum absolute atomic E-state index is 0. The molecule has 1 radical (unpaired) electrons. The molecule has 2 N–H and O–H groups in total. The molecule has 0 atom stereocenters. The number of nitrogens with one attached hydrogen (secondary N) is 1. The molecule has 0 fully saturated rings. The maximum atomic E-state index is 11.3. The minimum atomic E-state index is -0.115. The third-order valence-electron chi connectivity index (χ3n) is 2.54. The van der Waals surface area contributed by atoms with Gasteiger partial charge < -0.3 is 24.6 Å². The number of rotatable bonds is 14. The molecule has 0 aliphatic carbocycles. The molecule has 0 saturated heterocycles. The number of ether oxygens (including phenoxy) is 3. The normalized spacial score (nSPS) is 9.75. The molecule has 24 heavy (non-hydrogen) atoms. The first kappa shape index (κ1) is 28.4. The molecular formula is C16H33NO6V. The van der Waals surface area contributed by atoms with Gasteiger partial charge in [0, 0.05) is 37.4 Å². The van der Waals surface area contributed by atoms with Gasteiger partial charge in [-0.3, -0.25) is 9.59 Å². The fourth-order valence-electron chi connectivity index (χ4n) is 1.24. The summed E-state index contributed by atoms with van der Waals surface area (Å²) in [6, 6.07) is 0. The van der Waals surface area contributed by atoms with Crippen LogP contribution in [0, 0.1) is 5.92 Å². The quantitative estimate of drug-likeness (QED) is 0.429. The van der Waals surface area contributed by atoms with Crippen LogP contribution in [0.2, 0.25) is 0 Å². The Bertz CT molecular complexity index is 290. The van der Waals surface area contributed by atoms with Crippen molar-refractivity contribution < 1.29 is 47.5 Å². The summed E-state index contributed by atoms with van der Waals surface area (Å²) in [5.41, 5.74) is 0. The molecule has 0 aromatic carbocycles. The van der Waals surface area contributed by atoms with E-state index in [0.29, 0.717) is 33.0 Å². The van der Waals surface area contributed by atoms with Crippen molar-refractivity contribution in [1.29, 1.82) is 0 Å². The van der Waals surface area contributed by atoms with Crippen molar-refractivity contribution >= 4 is 11.7 Å². The first-order valence-corrected chi connectivity index (χ1v) is 8.21. The van der Waals surface area contributed by atoms with Gasteiger partial charge in [0.25, 0.3) is 0 Å². The molecule has 0 unspecified atom stereocenters. The van der Waals surface area contributed by atoms with E-state index in [4.69, 9.17) is 19.3 Å². The molecule has 7 nitrogen and oxygen atoms in total. The van der Waals surface area contributed by atoms with Gasteiger partial charge in [0.05, 0.1) is 39.6 Å². The van der Waals surface area contributed by atoms with Gasteiger partial charge in [-0.15, -0.1) is 0 Å². The van der Waals surface area contributed by atoms with E-state index in [1.807, 2.05) is 27.7 Å². The summed E-state index contributed by atoms with van der Waals surface area (Å²) < 4.78 is 15.4. The van der Waals surface area contributed by atoms with Crippen LogP contribution in [0.5, 0.6) is 0 Å². The average Bonchev–Trinajstić information content (AvgIpc) is 2.55. The summed E-state index contributed by atoms with van der Waals surface area (Å²) in [4.78, 5) is 22.6. The van der Waals surface area contributed by atoms with Crippen LogP contribution in [0.25, 0.3) is 0 Å². The Morgan fingerprint density at radius 1 is 0.958 bits per heavy atom. The van der Waals surface area contributed by atoms with Gasteiger partial charge >= 0.3 is 0 Å². The molecule has 143 valence electrons. The number of aliphatic hydroxyl groups is 1. The number of carbonyl (C=O) groups excluding carboxylic acids is 2. The minimum Gasteiger partial charge on any atom is -0.394 e. The molecule has 0 aromatic rings. The first-order chi connectivity index (χ1) is 11.1. The predicted molar refractivity (Wildman–Crippen MR) is 88.4 cm³/mol. The number of hydrogen-bond donors (Lipinski definition) is 2. The summed E-state index contributed by atoms with van der Waals surface area (Å²) in [7, 11) is 0. The van der Waals surface area contributed by atoms with E-state index in [1.165, 1.54) is 0 Å². The van der Waals surface area contributed by atoms with Crippen molar-refractivity contribution in [3.63, 3.8) is 0 Å². The zero-order chi connectivity index (χ0) is 17.9. The van der Waals surface area contributed by atoms with E-state index in [1.54, 1.807) is 0 Å². The van der Waals surface area contributed by atoms with Crippen LogP contribution in [0.1, 0.15) is 34.1 Å². The van der Waals surface area contributed by atoms with Crippen molar-refractivity contribution in [2.75, 3.05) is 52.8 Å². The van der Waals surface area contributed by atoms with Crippen molar-refractivity contribution in [3.05, 3.63) is 0 Å². The van der Waals surface area contributed by atoms with E-state index >= 15 is 0 Å². The predicted octanol–water partition coefficient (Wildman–Crippen LogP) is 0.784. The summed E-state index contributed by atoms with van der Waals surface area (Å²) in [5.74, 6) is -0.0523. The average molecular weight is 386 g/mol. The number of amides is 1. The monoisotopic (exact) mass is 386 g/mol. The van der Waals surface area contributed by atoms with Crippen molar-refractivity contribution in [3.8, 4) is 0 Å². The van der Waals surface area contributed by atoms with E-state index < -0.39 is 0 Å². The second-order valence-electron chi connectivity index (χ2n) is 4.72. The van der Waals surface area contributed by atoms with Crippen molar-refractivity contribution in [2.24, 2.45) is 5.92 Å². The van der Waals surface area contributed by atoms with Crippen LogP contribution in [0.15, 0.2) is 0 Å². The fraction of sp³-hybridized carbons (Fsp3) is 0.875. The summed E-state index contributed by atoms with van der Waals surface area (Å²) in [6.45, 7) is 9.85. The third-order valence-corrected chi connectivity index (χ3v) is 2.54. The van der Waals surface area contributed by atoms with Gasteiger partial charge in [0.1, 0.15) is 6.61 Å². The maximum absolute atomic E-state index is 11.3. The molecule has 1 amide bonds. The smallest absolute Gasteiger partial charge is 0.222 e. The van der Waals surface area contributed by atoms with Gasteiger partial charge in [-0.05, 0) is 0 Å². The van der Waals surface area contributed by atoms with Crippen LogP contribution < -0.4 is 5.32 Å². The Hall–Kier alpha value is -0.436. The third kappa shape index (κ3) is 21.6. The van der Waals surface area contributed by atoms with Crippen LogP contribution >= 0.6 is 0 Å². The van der Waals surface area contributed by atoms with E-state index in [0.717, 1.165) is 0 Å². The largest absolute Gasteiger partial charge is 0.394 e. The number of carbonyl (C=O) groups is 2. The summed E-state index contributed by atoms with van der Waals surface area (Å²) in [6.07, 6.45) is 0.264. The Balaban J connectivity index is -0.00000141. The van der Waals surface area contributed by atoms with Gasteiger partial charge in [0.15, 0.2) is 5.78 Å². The van der Waals surface area contributed by atoms with E-state index in [2.05, 4.69) is 5.32 Å². The van der Waals surface area contributed by atoms with E-state index in [9.17, 15) is 9.59 Å². The van der Waals surface area contributed by atoms with Crippen LogP contribution in [-0.4, -0.2) is 69.6 Å². The van der Waals surface area contributed by atoms with Gasteiger partial charge in [-0.2, -0.15) is 0 Å². The van der Waals surface area contributed by atoms with Gasteiger partial charge in [0.2, 0.25) is 5.91 Å². The van der Waals surface area contributed by atoms with Crippen molar-refractivity contribution in [2.45, 2.75) is 34.1 Å². The molecule has 8 heteroatoms. The zero-order valence-corrected chi connectivity index (χ0v) is 16.8. The standard InChI is InChI=1S/C14H27NO6.C2H6.V/c1-12(2)13(17)11-21-10-9-20-7-4-15-14(18)3-6-19-8-5-16;1-2;/h12,16H,3-11H2,1-2H3,(H,15,18);1-2H3;. The molecular weight excluding hydrogens is 353 g/mol. The zero-order valence-electron chi connectivity index (χ0n) is 15.4. The molecule has 0 saturated carbocycles. The Morgan fingerprint density at radius 3 is 2.12 bits per heavy atom. The van der Waals surface area contributed by atoms with E-state index in [-0.39, 0.29) is 62.4 Å². The number of hydrogen-bond acceptors (Lipinski definition) is 6. The molecule has 0 heterocycles. The summed E-state index contributed by atoms with van der Waals surface area (Å²) in [5, 5.41) is 11.2. The first-order valence-electron chi connectivity index (χ1n) is 8.21. The summed E-state index contributed by atoms with van der Waals surface area (Å²) >= 11 is 0. The molecule has 0 aromatic heterocycles. The second kappa shape index (κ2) is 22.6. The molecule has 0 spiro atoms. The molecule has 0 bridgehead atoms. The van der Waals surface area contributed by atoms with Crippen LogP contribution in [0.3, 0.4) is 0 Å². The van der Waals surface area contributed by atoms with Crippen LogP contribution in [0.4, 0.5) is 0 Å². The number of Topliss-reactive ketones (excluding diaryl/α,β-unsaturated/α-hetero) is 1. The maximum Gasteiger partial charge on any atom is 0.222 e. The van der Waals surface area contributed by atoms with Gasteiger partial charge in [-0.1, -0.05) is 27.7 Å². The van der Waals surface area contributed by atoms with Crippen LogP contribution in [-0.2, 0) is 42.4 Å². The Morgan fingerprint density at radius 2 is 1.54 bits per heavy atom. The topological polar surface area (TPSA) is 94.1 Å². The molecule has 0 rings (SSSR count). The SMILES string of the molecule is CC.CC(C)C(=O)COCCOCCNC(=O)CCOCCO.[V]. The van der Waals surface area contributed by atoms with Gasteiger partial charge in [-0.25, -0.2) is 0 Å². The molecule has 0 aliphatic heterocycles. The number of aliphatic hydroxyl groups excluding tert-OH is 1. The number of ketones is 1.